The van der Waals surface area contributed by atoms with Gasteiger partial charge in [0.2, 0.25) is 5.91 Å². The highest BCUT2D eigenvalue weighted by atomic mass is 16.3. The summed E-state index contributed by atoms with van der Waals surface area (Å²) in [6.45, 7) is 6.16. The van der Waals surface area contributed by atoms with Gasteiger partial charge in [-0.15, -0.1) is 0 Å². The van der Waals surface area contributed by atoms with E-state index in [1.54, 1.807) is 6.08 Å². The van der Waals surface area contributed by atoms with Crippen LogP contribution in [0.2, 0.25) is 0 Å². The van der Waals surface area contributed by atoms with E-state index in [0.29, 0.717) is 6.42 Å². The molecule has 2 fully saturated rings. The van der Waals surface area contributed by atoms with Gasteiger partial charge in [0.05, 0.1) is 30.3 Å². The molecule has 2 saturated heterocycles. The predicted molar refractivity (Wildman–Crippen MR) is 135 cm³/mol. The number of hydrogen-bond acceptors (Lipinski definition) is 4. The van der Waals surface area contributed by atoms with Crippen LogP contribution in [0.5, 0.6) is 0 Å². The van der Waals surface area contributed by atoms with E-state index in [4.69, 9.17) is 0 Å². The molecule has 0 unspecified atom stereocenters. The molecular formula is C29H39NO4. The largest absolute Gasteiger partial charge is 0.391 e. The maximum absolute atomic E-state index is 13.6. The van der Waals surface area contributed by atoms with Crippen molar-refractivity contribution in [1.82, 2.24) is 4.90 Å². The van der Waals surface area contributed by atoms with Gasteiger partial charge in [-0.1, -0.05) is 85.3 Å². The lowest BCUT2D eigenvalue weighted by Crippen LogP contribution is -2.40. The van der Waals surface area contributed by atoms with Crippen molar-refractivity contribution in [3.8, 4) is 0 Å². The van der Waals surface area contributed by atoms with E-state index in [-0.39, 0.29) is 41.7 Å². The highest BCUT2D eigenvalue weighted by Crippen LogP contribution is 2.47. The van der Waals surface area contributed by atoms with Crippen LogP contribution >= 0.6 is 0 Å². The second-order valence-corrected chi connectivity index (χ2v) is 10.3. The number of allylic oxidation sites excluding steroid dienone is 7. The van der Waals surface area contributed by atoms with Crippen LogP contribution in [0.15, 0.2) is 71.9 Å². The van der Waals surface area contributed by atoms with Crippen molar-refractivity contribution in [1.29, 1.82) is 0 Å². The lowest BCUT2D eigenvalue weighted by atomic mass is 9.73. The Morgan fingerprint density at radius 3 is 2.56 bits per heavy atom. The number of carbonyl (C=O) groups is 1. The summed E-state index contributed by atoms with van der Waals surface area (Å²) in [4.78, 5) is 15.6. The van der Waals surface area contributed by atoms with Gasteiger partial charge in [0.25, 0.3) is 0 Å². The number of fused-ring (bicyclic) bond motifs is 4. The van der Waals surface area contributed by atoms with Crippen molar-refractivity contribution in [3.63, 3.8) is 0 Å². The minimum Gasteiger partial charge on any atom is -0.391 e. The molecule has 4 aliphatic rings. The van der Waals surface area contributed by atoms with Crippen LogP contribution in [-0.2, 0) is 4.79 Å². The number of aliphatic hydroxyl groups excluding tert-OH is 3. The van der Waals surface area contributed by atoms with Crippen LogP contribution in [0.4, 0.5) is 0 Å². The van der Waals surface area contributed by atoms with Gasteiger partial charge >= 0.3 is 0 Å². The molecule has 5 heteroatoms. The molecule has 0 aromatic heterocycles. The maximum atomic E-state index is 13.6. The minimum absolute atomic E-state index is 0.00118. The van der Waals surface area contributed by atoms with Gasteiger partial charge in [-0.25, -0.2) is 0 Å². The number of unbranched alkanes of at least 4 members (excludes halogenated alkanes) is 1. The first kappa shape index (κ1) is 24.9. The number of nitrogens with zero attached hydrogens (tertiary/aromatic N) is 1. The fourth-order valence-corrected chi connectivity index (χ4v) is 6.36. The highest BCUT2D eigenvalue weighted by Gasteiger charge is 2.56. The second-order valence-electron chi connectivity index (χ2n) is 10.3. The molecule has 2 aliphatic carbocycles. The number of carbonyl (C=O) groups excluding carboxylic acids is 1. The Bertz CT molecular complexity index is 942. The average Bonchev–Trinajstić information content (AvgIpc) is 3.28. The summed E-state index contributed by atoms with van der Waals surface area (Å²) in [5, 5.41) is 32.0. The quantitative estimate of drug-likeness (QED) is 0.426. The van der Waals surface area contributed by atoms with E-state index in [9.17, 15) is 20.1 Å². The molecule has 0 bridgehead atoms. The molecule has 4 rings (SSSR count). The Morgan fingerprint density at radius 1 is 1.03 bits per heavy atom. The molecule has 0 aromatic carbocycles. The van der Waals surface area contributed by atoms with E-state index in [0.717, 1.165) is 30.4 Å². The zero-order valence-corrected chi connectivity index (χ0v) is 20.5. The number of aliphatic hydroxyl groups is 3. The van der Waals surface area contributed by atoms with E-state index in [1.165, 1.54) is 0 Å². The minimum atomic E-state index is -0.885. The Morgan fingerprint density at radius 2 is 1.79 bits per heavy atom. The van der Waals surface area contributed by atoms with Crippen LogP contribution in [-0.4, -0.2) is 56.5 Å². The SMILES string of the molecule is CCC/C=C/C=C/C[C@@H]1C[C@H](O)[C@H]2[C@@H]3/C(C)=C\[C@H]4C=C[C@@H](O)[C@@H](O)[C@@H]4/C(C)=C\C=C/[C@@H]3C(=O)N12. The number of amides is 1. The van der Waals surface area contributed by atoms with Gasteiger partial charge in [-0.2, -0.15) is 0 Å². The highest BCUT2D eigenvalue weighted by molar-refractivity contribution is 5.85. The fourth-order valence-electron chi connectivity index (χ4n) is 6.36. The summed E-state index contributed by atoms with van der Waals surface area (Å²) in [5.41, 5.74) is 2.04. The molecule has 34 heavy (non-hydrogen) atoms. The van der Waals surface area contributed by atoms with Gasteiger partial charge in [0.15, 0.2) is 0 Å². The van der Waals surface area contributed by atoms with Gasteiger partial charge in [0.1, 0.15) is 0 Å². The molecule has 5 nitrogen and oxygen atoms in total. The third-order valence-electron chi connectivity index (χ3n) is 8.01. The first-order valence-electron chi connectivity index (χ1n) is 12.7. The van der Waals surface area contributed by atoms with Gasteiger partial charge in [-0.05, 0) is 33.1 Å². The van der Waals surface area contributed by atoms with Gasteiger partial charge in [0, 0.05) is 23.8 Å². The first-order valence-corrected chi connectivity index (χ1v) is 12.7. The van der Waals surface area contributed by atoms with Gasteiger partial charge in [-0.3, -0.25) is 4.79 Å². The standard InChI is InChI=1S/C29H39NO4/c1-4-5-6-7-8-9-12-21-17-24(32)27-26-19(3)16-20-14-15-23(31)28(33)25(20)18(2)11-10-13-22(26)29(34)30(21)27/h6-11,13-16,20-28,31-33H,4-5,12,17H2,1-3H3/b7-6+,9-8+,13-10-,18-11-,19-16-/t20-,21-,22+,23-,24+,25-,26-,27+,28-/m1/s1. The first-order chi connectivity index (χ1) is 16.3. The van der Waals surface area contributed by atoms with Gasteiger partial charge < -0.3 is 20.2 Å². The lowest BCUT2D eigenvalue weighted by Gasteiger charge is -2.35. The van der Waals surface area contributed by atoms with E-state index < -0.39 is 18.3 Å². The fraction of sp³-hybridized carbons (Fsp3) is 0.552. The van der Waals surface area contributed by atoms with Crippen molar-refractivity contribution in [2.75, 3.05) is 0 Å². The maximum Gasteiger partial charge on any atom is 0.230 e. The molecule has 2 aliphatic heterocycles. The predicted octanol–water partition coefficient (Wildman–Crippen LogP) is 3.85. The number of hydrogen-bond donors (Lipinski definition) is 3. The van der Waals surface area contributed by atoms with Crippen molar-refractivity contribution in [2.45, 2.75) is 76.9 Å². The Hall–Kier alpha value is -2.21. The Balaban J connectivity index is 1.63. The zero-order valence-electron chi connectivity index (χ0n) is 20.5. The molecule has 0 spiro atoms. The van der Waals surface area contributed by atoms with Crippen LogP contribution < -0.4 is 0 Å². The molecule has 0 radical (unpaired) electrons. The summed E-state index contributed by atoms with van der Waals surface area (Å²) in [7, 11) is 0. The van der Waals surface area contributed by atoms with E-state index >= 15 is 0 Å². The summed E-state index contributed by atoms with van der Waals surface area (Å²) >= 11 is 0. The number of rotatable bonds is 5. The third kappa shape index (κ3) is 4.66. The van der Waals surface area contributed by atoms with Crippen molar-refractivity contribution in [3.05, 3.63) is 71.9 Å². The zero-order chi connectivity index (χ0) is 24.4. The topological polar surface area (TPSA) is 81.0 Å². The smallest absolute Gasteiger partial charge is 0.230 e. The van der Waals surface area contributed by atoms with Crippen molar-refractivity contribution >= 4 is 5.91 Å². The summed E-state index contributed by atoms with van der Waals surface area (Å²) in [5.74, 6) is -0.624. The molecule has 0 saturated carbocycles. The Kier molecular flexibility index (Phi) is 7.76. The monoisotopic (exact) mass is 465 g/mol. The van der Waals surface area contributed by atoms with Crippen molar-refractivity contribution in [2.24, 2.45) is 23.7 Å². The normalized spacial score (nSPS) is 43.9. The molecule has 1 amide bonds. The van der Waals surface area contributed by atoms with Crippen LogP contribution in [0.25, 0.3) is 0 Å². The lowest BCUT2D eigenvalue weighted by molar-refractivity contribution is -0.132. The third-order valence-corrected chi connectivity index (χ3v) is 8.01. The summed E-state index contributed by atoms with van der Waals surface area (Å²) in [6.07, 6.45) is 21.1. The van der Waals surface area contributed by atoms with Crippen molar-refractivity contribution < 1.29 is 20.1 Å². The van der Waals surface area contributed by atoms with Crippen LogP contribution in [0, 0.1) is 23.7 Å². The summed E-state index contributed by atoms with van der Waals surface area (Å²) in [6, 6.07) is -0.239. The molecule has 0 aromatic rings. The summed E-state index contributed by atoms with van der Waals surface area (Å²) < 4.78 is 0. The molecule has 2 heterocycles. The molecule has 3 N–H and O–H groups in total. The van der Waals surface area contributed by atoms with E-state index in [1.807, 2.05) is 49.1 Å². The molecular weight excluding hydrogens is 426 g/mol. The second kappa shape index (κ2) is 10.6. The molecule has 9 atom stereocenters. The van der Waals surface area contributed by atoms with E-state index in [2.05, 4.69) is 31.2 Å². The Labute approximate surface area is 203 Å². The molecule has 184 valence electrons. The van der Waals surface area contributed by atoms with Crippen LogP contribution in [0.3, 0.4) is 0 Å². The average molecular weight is 466 g/mol. The van der Waals surface area contributed by atoms with Crippen LogP contribution in [0.1, 0.15) is 46.5 Å².